The molecule has 0 saturated heterocycles. The summed E-state index contributed by atoms with van der Waals surface area (Å²) in [6.07, 6.45) is 1.78. The molecule has 0 aliphatic heterocycles. The van der Waals surface area contributed by atoms with E-state index in [4.69, 9.17) is 5.73 Å². The van der Waals surface area contributed by atoms with Gasteiger partial charge in [0.25, 0.3) is 0 Å². The summed E-state index contributed by atoms with van der Waals surface area (Å²) in [6.45, 7) is 7.20. The predicted octanol–water partition coefficient (Wildman–Crippen LogP) is 1.55. The van der Waals surface area contributed by atoms with E-state index in [-0.39, 0.29) is 0 Å². The van der Waals surface area contributed by atoms with Gasteiger partial charge in [0.1, 0.15) is 5.82 Å². The normalized spacial score (nSPS) is 9.93. The molecule has 0 aliphatic rings. The number of anilines is 1. The van der Waals surface area contributed by atoms with Crippen LogP contribution in [0.3, 0.4) is 0 Å². The van der Waals surface area contributed by atoms with E-state index < -0.39 is 0 Å². The maximum Gasteiger partial charge on any atom is 0.133 e. The lowest BCUT2D eigenvalue weighted by Crippen LogP contribution is -2.22. The van der Waals surface area contributed by atoms with Gasteiger partial charge in [-0.25, -0.2) is 4.98 Å². The first kappa shape index (κ1) is 10.7. The Morgan fingerprint density at radius 1 is 1.64 bits per heavy atom. The fraction of sp³-hybridized carbons (Fsp3) is 0.364. The van der Waals surface area contributed by atoms with E-state index in [1.165, 1.54) is 0 Å². The van der Waals surface area contributed by atoms with Crippen LogP contribution < -0.4 is 10.6 Å². The highest BCUT2D eigenvalue weighted by molar-refractivity contribution is 5.46. The molecule has 0 spiro atoms. The second kappa shape index (κ2) is 4.77. The van der Waals surface area contributed by atoms with Gasteiger partial charge in [-0.1, -0.05) is 18.2 Å². The van der Waals surface area contributed by atoms with Crippen LogP contribution in [-0.4, -0.2) is 18.6 Å². The van der Waals surface area contributed by atoms with Crippen molar-refractivity contribution in [3.8, 4) is 0 Å². The van der Waals surface area contributed by atoms with E-state index >= 15 is 0 Å². The van der Waals surface area contributed by atoms with Gasteiger partial charge in [0, 0.05) is 31.9 Å². The summed E-state index contributed by atoms with van der Waals surface area (Å²) in [5.41, 5.74) is 7.81. The van der Waals surface area contributed by atoms with Crippen molar-refractivity contribution in [3.63, 3.8) is 0 Å². The minimum atomic E-state index is 0.518. The first-order valence-electron chi connectivity index (χ1n) is 4.64. The Kier molecular flexibility index (Phi) is 3.65. The molecule has 3 heteroatoms. The molecule has 1 rings (SSSR count). The van der Waals surface area contributed by atoms with Crippen molar-refractivity contribution >= 4 is 5.82 Å². The Bertz CT molecular complexity index is 320. The summed E-state index contributed by atoms with van der Waals surface area (Å²) < 4.78 is 0. The van der Waals surface area contributed by atoms with Gasteiger partial charge in [-0.05, 0) is 13.0 Å². The van der Waals surface area contributed by atoms with Gasteiger partial charge in [0.15, 0.2) is 0 Å². The molecule has 0 aliphatic carbocycles. The Balaban J connectivity index is 2.87. The van der Waals surface area contributed by atoms with Crippen molar-refractivity contribution in [3.05, 3.63) is 36.0 Å². The average molecular weight is 191 g/mol. The van der Waals surface area contributed by atoms with Gasteiger partial charge < -0.3 is 10.6 Å². The number of likely N-dealkylation sites (N-methyl/N-ethyl adjacent to an activating group) is 1. The lowest BCUT2D eigenvalue weighted by molar-refractivity contribution is 0.921. The Hall–Kier alpha value is -1.35. The monoisotopic (exact) mass is 191 g/mol. The molecule has 76 valence electrons. The molecule has 1 aromatic rings. The molecule has 0 fully saturated rings. The molecule has 1 heterocycles. The fourth-order valence-electron chi connectivity index (χ4n) is 1.41. The van der Waals surface area contributed by atoms with Crippen molar-refractivity contribution in [2.75, 3.05) is 18.5 Å². The summed E-state index contributed by atoms with van der Waals surface area (Å²) in [7, 11) is 2.00. The van der Waals surface area contributed by atoms with Crippen LogP contribution >= 0.6 is 0 Å². The topological polar surface area (TPSA) is 42.2 Å². The lowest BCUT2D eigenvalue weighted by Gasteiger charge is -2.20. The quantitative estimate of drug-likeness (QED) is 0.734. The number of aromatic nitrogens is 1. The summed E-state index contributed by atoms with van der Waals surface area (Å²) in [4.78, 5) is 6.37. The van der Waals surface area contributed by atoms with Gasteiger partial charge in [0.2, 0.25) is 0 Å². The number of nitrogens with two attached hydrogens (primary N) is 1. The minimum absolute atomic E-state index is 0.518. The highest BCUT2D eigenvalue weighted by Gasteiger charge is 2.06. The number of rotatable bonds is 4. The standard InChI is InChI=1S/C11H17N3/c1-9(2)8-14(3)11-10(7-12)5-4-6-13-11/h4-6H,1,7-8,12H2,2-3H3. The first-order chi connectivity index (χ1) is 6.65. The zero-order valence-corrected chi connectivity index (χ0v) is 8.83. The molecule has 2 N–H and O–H groups in total. The molecule has 0 atom stereocenters. The van der Waals surface area contributed by atoms with Crippen LogP contribution in [0.4, 0.5) is 5.82 Å². The SMILES string of the molecule is C=C(C)CN(C)c1ncccc1CN. The lowest BCUT2D eigenvalue weighted by atomic mass is 10.2. The highest BCUT2D eigenvalue weighted by atomic mass is 15.2. The zero-order chi connectivity index (χ0) is 10.6. The summed E-state index contributed by atoms with van der Waals surface area (Å²) in [5.74, 6) is 0.943. The van der Waals surface area contributed by atoms with Crippen LogP contribution in [-0.2, 0) is 6.54 Å². The Morgan fingerprint density at radius 2 is 2.36 bits per heavy atom. The van der Waals surface area contributed by atoms with Crippen LogP contribution in [0.2, 0.25) is 0 Å². The molecule has 0 unspecified atom stereocenters. The molecule has 0 amide bonds. The third-order valence-electron chi connectivity index (χ3n) is 1.96. The van der Waals surface area contributed by atoms with Gasteiger partial charge >= 0.3 is 0 Å². The highest BCUT2D eigenvalue weighted by Crippen LogP contribution is 2.15. The predicted molar refractivity (Wildman–Crippen MR) is 60.2 cm³/mol. The van der Waals surface area contributed by atoms with Gasteiger partial charge in [0.05, 0.1) is 0 Å². The number of hydrogen-bond acceptors (Lipinski definition) is 3. The number of hydrogen-bond donors (Lipinski definition) is 1. The van der Waals surface area contributed by atoms with E-state index in [0.717, 1.165) is 23.5 Å². The van der Waals surface area contributed by atoms with Crippen molar-refractivity contribution in [2.24, 2.45) is 5.73 Å². The van der Waals surface area contributed by atoms with Crippen LogP contribution in [0.25, 0.3) is 0 Å². The van der Waals surface area contributed by atoms with Crippen molar-refractivity contribution in [2.45, 2.75) is 13.5 Å². The van der Waals surface area contributed by atoms with Crippen LogP contribution in [0.5, 0.6) is 0 Å². The second-order valence-electron chi connectivity index (χ2n) is 3.50. The molecular formula is C11H17N3. The number of nitrogens with zero attached hydrogens (tertiary/aromatic N) is 2. The molecule has 1 aromatic heterocycles. The summed E-state index contributed by atoms with van der Waals surface area (Å²) in [5, 5.41) is 0. The summed E-state index contributed by atoms with van der Waals surface area (Å²) >= 11 is 0. The molecule has 14 heavy (non-hydrogen) atoms. The van der Waals surface area contributed by atoms with E-state index in [1.807, 2.05) is 26.1 Å². The summed E-state index contributed by atoms with van der Waals surface area (Å²) in [6, 6.07) is 3.90. The Morgan fingerprint density at radius 3 is 2.93 bits per heavy atom. The first-order valence-corrected chi connectivity index (χ1v) is 4.64. The molecule has 0 bridgehead atoms. The largest absolute Gasteiger partial charge is 0.355 e. The fourth-order valence-corrected chi connectivity index (χ4v) is 1.41. The maximum atomic E-state index is 5.63. The van der Waals surface area contributed by atoms with E-state index in [9.17, 15) is 0 Å². The van der Waals surface area contributed by atoms with E-state index in [2.05, 4.69) is 16.5 Å². The van der Waals surface area contributed by atoms with E-state index in [1.54, 1.807) is 6.20 Å². The molecule has 0 saturated carbocycles. The zero-order valence-electron chi connectivity index (χ0n) is 8.83. The van der Waals surface area contributed by atoms with Crippen molar-refractivity contribution < 1.29 is 0 Å². The molecule has 0 aromatic carbocycles. The van der Waals surface area contributed by atoms with Crippen LogP contribution in [0, 0.1) is 0 Å². The van der Waals surface area contributed by atoms with Crippen LogP contribution in [0.1, 0.15) is 12.5 Å². The molecule has 3 nitrogen and oxygen atoms in total. The van der Waals surface area contributed by atoms with Crippen LogP contribution in [0.15, 0.2) is 30.5 Å². The molecule has 0 radical (unpaired) electrons. The van der Waals surface area contributed by atoms with Gasteiger partial charge in [-0.3, -0.25) is 0 Å². The third-order valence-corrected chi connectivity index (χ3v) is 1.96. The second-order valence-corrected chi connectivity index (χ2v) is 3.50. The Labute approximate surface area is 85.3 Å². The van der Waals surface area contributed by atoms with Gasteiger partial charge in [-0.15, -0.1) is 0 Å². The van der Waals surface area contributed by atoms with Crippen molar-refractivity contribution in [1.29, 1.82) is 0 Å². The average Bonchev–Trinajstić information content (AvgIpc) is 2.16. The maximum absolute atomic E-state index is 5.63. The van der Waals surface area contributed by atoms with Crippen molar-refractivity contribution in [1.82, 2.24) is 4.98 Å². The van der Waals surface area contributed by atoms with Gasteiger partial charge in [-0.2, -0.15) is 0 Å². The third kappa shape index (κ3) is 2.57. The number of pyridine rings is 1. The van der Waals surface area contributed by atoms with E-state index in [0.29, 0.717) is 6.54 Å². The smallest absolute Gasteiger partial charge is 0.133 e. The minimum Gasteiger partial charge on any atom is -0.355 e. The molecular weight excluding hydrogens is 174 g/mol.